The Kier molecular flexibility index (Phi) is 6.21. The second-order valence-electron chi connectivity index (χ2n) is 6.00. The average molecular weight is 443 g/mol. The second kappa shape index (κ2) is 8.80. The van der Waals surface area contributed by atoms with E-state index in [0.29, 0.717) is 22.6 Å². The Balaban J connectivity index is 1.61. The lowest BCUT2D eigenvalue weighted by Gasteiger charge is -2.14. The van der Waals surface area contributed by atoms with Crippen molar-refractivity contribution in [2.24, 2.45) is 0 Å². The summed E-state index contributed by atoms with van der Waals surface area (Å²) in [6.45, 7) is 1.59. The fourth-order valence-corrected chi connectivity index (χ4v) is 2.67. The predicted octanol–water partition coefficient (Wildman–Crippen LogP) is 5.19. The maximum absolute atomic E-state index is 13.0. The molecule has 0 bridgehead atoms. The van der Waals surface area contributed by atoms with Crippen molar-refractivity contribution < 1.29 is 23.5 Å². The number of ketones is 1. The van der Waals surface area contributed by atoms with Crippen molar-refractivity contribution in [1.29, 1.82) is 0 Å². The number of rotatable bonds is 6. The first-order chi connectivity index (χ1) is 13.4. The topological polar surface area (TPSA) is 52.6 Å². The van der Waals surface area contributed by atoms with Crippen LogP contribution < -0.4 is 9.47 Å². The molecule has 0 heterocycles. The minimum absolute atomic E-state index is 0.246. The van der Waals surface area contributed by atoms with Gasteiger partial charge in [-0.1, -0.05) is 15.9 Å². The number of ether oxygens (including phenoxy) is 2. The van der Waals surface area contributed by atoms with Crippen molar-refractivity contribution in [3.05, 3.63) is 94.2 Å². The third-order valence-electron chi connectivity index (χ3n) is 3.90. The molecule has 0 aliphatic rings. The fourth-order valence-electron chi connectivity index (χ4n) is 2.41. The molecule has 3 aromatic carbocycles. The molecule has 0 saturated heterocycles. The van der Waals surface area contributed by atoms with Crippen LogP contribution in [0.5, 0.6) is 11.5 Å². The van der Waals surface area contributed by atoms with E-state index in [9.17, 15) is 14.0 Å². The first-order valence-electron chi connectivity index (χ1n) is 8.46. The molecule has 0 N–H and O–H groups in total. The van der Waals surface area contributed by atoms with Crippen molar-refractivity contribution in [2.75, 3.05) is 0 Å². The van der Waals surface area contributed by atoms with Crippen LogP contribution in [0.4, 0.5) is 4.39 Å². The van der Waals surface area contributed by atoms with E-state index in [1.165, 1.54) is 36.4 Å². The smallest absolute Gasteiger partial charge is 0.352 e. The second-order valence-corrected chi connectivity index (χ2v) is 6.91. The molecule has 0 spiro atoms. The molecule has 0 radical (unpaired) electrons. The largest absolute Gasteiger partial charge is 0.479 e. The standard InChI is InChI=1S/C22H16BrFO4/c1-14(27-19-12-6-17(23)7-13-19)22(26)28-20-10-4-16(5-11-20)21(25)15-2-8-18(24)9-3-15/h2-14H,1H3. The van der Waals surface area contributed by atoms with Crippen LogP contribution in [0.25, 0.3) is 0 Å². The molecule has 0 saturated carbocycles. The third kappa shape index (κ3) is 5.04. The molecule has 1 atom stereocenters. The van der Waals surface area contributed by atoms with Gasteiger partial charge in [0.25, 0.3) is 0 Å². The minimum atomic E-state index is -0.804. The van der Waals surface area contributed by atoms with Gasteiger partial charge in [0.15, 0.2) is 11.9 Å². The van der Waals surface area contributed by atoms with E-state index in [1.54, 1.807) is 31.2 Å². The number of hydrogen-bond acceptors (Lipinski definition) is 4. The number of benzene rings is 3. The number of carbonyl (C=O) groups excluding carboxylic acids is 2. The van der Waals surface area contributed by atoms with Gasteiger partial charge in [0.1, 0.15) is 17.3 Å². The molecule has 0 aliphatic carbocycles. The summed E-state index contributed by atoms with van der Waals surface area (Å²) < 4.78 is 24.7. The van der Waals surface area contributed by atoms with E-state index >= 15 is 0 Å². The number of carbonyl (C=O) groups is 2. The van der Waals surface area contributed by atoms with Crippen LogP contribution >= 0.6 is 15.9 Å². The summed E-state index contributed by atoms with van der Waals surface area (Å²) in [6.07, 6.45) is -0.804. The number of esters is 1. The van der Waals surface area contributed by atoms with Crippen LogP contribution in [0.2, 0.25) is 0 Å². The molecule has 142 valence electrons. The van der Waals surface area contributed by atoms with Gasteiger partial charge in [-0.05, 0) is 79.7 Å². The van der Waals surface area contributed by atoms with E-state index in [2.05, 4.69) is 15.9 Å². The summed E-state index contributed by atoms with van der Waals surface area (Å²) in [6, 6.07) is 18.6. The van der Waals surface area contributed by atoms with Crippen LogP contribution in [0.1, 0.15) is 22.8 Å². The van der Waals surface area contributed by atoms with Crippen molar-refractivity contribution in [3.63, 3.8) is 0 Å². The summed E-state index contributed by atoms with van der Waals surface area (Å²) in [5.41, 5.74) is 0.785. The minimum Gasteiger partial charge on any atom is -0.479 e. The van der Waals surface area contributed by atoms with E-state index in [4.69, 9.17) is 9.47 Å². The highest BCUT2D eigenvalue weighted by Gasteiger charge is 2.18. The van der Waals surface area contributed by atoms with Gasteiger partial charge in [0.2, 0.25) is 0 Å². The zero-order valence-electron chi connectivity index (χ0n) is 14.9. The quantitative estimate of drug-likeness (QED) is 0.299. The highest BCUT2D eigenvalue weighted by Crippen LogP contribution is 2.19. The Hall–Kier alpha value is -2.99. The first-order valence-corrected chi connectivity index (χ1v) is 9.26. The van der Waals surface area contributed by atoms with Gasteiger partial charge < -0.3 is 9.47 Å². The molecule has 6 heteroatoms. The third-order valence-corrected chi connectivity index (χ3v) is 4.43. The van der Waals surface area contributed by atoms with E-state index < -0.39 is 17.9 Å². The Morgan fingerprint density at radius 3 is 1.89 bits per heavy atom. The molecule has 0 aliphatic heterocycles. The normalized spacial score (nSPS) is 11.5. The van der Waals surface area contributed by atoms with Gasteiger partial charge in [0, 0.05) is 15.6 Å². The van der Waals surface area contributed by atoms with Crippen molar-refractivity contribution in [3.8, 4) is 11.5 Å². The highest BCUT2D eigenvalue weighted by atomic mass is 79.9. The maximum atomic E-state index is 13.0. The fraction of sp³-hybridized carbons (Fsp3) is 0.0909. The van der Waals surface area contributed by atoms with E-state index in [-0.39, 0.29) is 5.78 Å². The lowest BCUT2D eigenvalue weighted by atomic mass is 10.0. The summed E-state index contributed by atoms with van der Waals surface area (Å²) in [5, 5.41) is 0. The molecular weight excluding hydrogens is 427 g/mol. The van der Waals surface area contributed by atoms with Crippen molar-refractivity contribution in [2.45, 2.75) is 13.0 Å². The summed E-state index contributed by atoms with van der Waals surface area (Å²) in [4.78, 5) is 24.6. The number of hydrogen-bond donors (Lipinski definition) is 0. The van der Waals surface area contributed by atoms with Crippen LogP contribution in [0.15, 0.2) is 77.3 Å². The van der Waals surface area contributed by atoms with Crippen LogP contribution in [-0.4, -0.2) is 17.9 Å². The molecular formula is C22H16BrFO4. The average Bonchev–Trinajstić information content (AvgIpc) is 2.70. The monoisotopic (exact) mass is 442 g/mol. The Morgan fingerprint density at radius 1 is 0.821 bits per heavy atom. The molecule has 3 rings (SSSR count). The SMILES string of the molecule is CC(Oc1ccc(Br)cc1)C(=O)Oc1ccc(C(=O)c2ccc(F)cc2)cc1. The zero-order chi connectivity index (χ0) is 20.1. The van der Waals surface area contributed by atoms with Gasteiger partial charge in [0.05, 0.1) is 0 Å². The zero-order valence-corrected chi connectivity index (χ0v) is 16.5. The Morgan fingerprint density at radius 2 is 1.32 bits per heavy atom. The summed E-state index contributed by atoms with van der Waals surface area (Å²) in [5.74, 6) is -0.358. The lowest BCUT2D eigenvalue weighted by Crippen LogP contribution is -2.28. The van der Waals surface area contributed by atoms with Crippen LogP contribution in [0.3, 0.4) is 0 Å². The predicted molar refractivity (Wildman–Crippen MR) is 106 cm³/mol. The summed E-state index contributed by atoms with van der Waals surface area (Å²) >= 11 is 3.33. The van der Waals surface area contributed by atoms with Crippen LogP contribution in [-0.2, 0) is 4.79 Å². The van der Waals surface area contributed by atoms with E-state index in [0.717, 1.165) is 4.47 Å². The molecule has 3 aromatic rings. The lowest BCUT2D eigenvalue weighted by molar-refractivity contribution is -0.141. The highest BCUT2D eigenvalue weighted by molar-refractivity contribution is 9.10. The molecule has 1 unspecified atom stereocenters. The van der Waals surface area contributed by atoms with Gasteiger partial charge in [-0.3, -0.25) is 4.79 Å². The number of halogens is 2. The van der Waals surface area contributed by atoms with Gasteiger partial charge in [-0.2, -0.15) is 0 Å². The Bertz CT molecular complexity index is 967. The molecule has 0 aromatic heterocycles. The molecule has 0 amide bonds. The first kappa shape index (κ1) is 19.8. The van der Waals surface area contributed by atoms with E-state index in [1.807, 2.05) is 12.1 Å². The van der Waals surface area contributed by atoms with Gasteiger partial charge >= 0.3 is 5.97 Å². The Labute approximate surface area is 170 Å². The molecule has 28 heavy (non-hydrogen) atoms. The van der Waals surface area contributed by atoms with Gasteiger partial charge in [-0.25, -0.2) is 9.18 Å². The summed E-state index contributed by atoms with van der Waals surface area (Å²) in [7, 11) is 0. The maximum Gasteiger partial charge on any atom is 0.352 e. The van der Waals surface area contributed by atoms with Crippen LogP contribution in [0, 0.1) is 5.82 Å². The van der Waals surface area contributed by atoms with Crippen molar-refractivity contribution >= 4 is 27.7 Å². The van der Waals surface area contributed by atoms with Gasteiger partial charge in [-0.15, -0.1) is 0 Å². The molecule has 0 fully saturated rings. The van der Waals surface area contributed by atoms with Crippen molar-refractivity contribution in [1.82, 2.24) is 0 Å². The molecule has 4 nitrogen and oxygen atoms in total.